The Hall–Kier alpha value is -0.650. The molecule has 18 heavy (non-hydrogen) atoms. The molecule has 1 saturated heterocycles. The standard InChI is InChI=1S/C12H15ClFNO2S/c13-10-2-1-3-11(14)9(10)6-12(7-15)4-5-18(16,17)8-12/h1-3H,4-8,15H2. The summed E-state index contributed by atoms with van der Waals surface area (Å²) in [4.78, 5) is 0. The topological polar surface area (TPSA) is 60.2 Å². The molecule has 0 aromatic heterocycles. The quantitative estimate of drug-likeness (QED) is 0.923. The first kappa shape index (κ1) is 13.8. The van der Waals surface area contributed by atoms with Crippen LogP contribution in [0.1, 0.15) is 12.0 Å². The van der Waals surface area contributed by atoms with Gasteiger partial charge < -0.3 is 5.73 Å². The molecule has 0 bridgehead atoms. The molecule has 3 nitrogen and oxygen atoms in total. The number of rotatable bonds is 3. The molecule has 0 radical (unpaired) electrons. The Bertz CT molecular complexity index is 541. The zero-order valence-electron chi connectivity index (χ0n) is 9.83. The number of sulfone groups is 1. The summed E-state index contributed by atoms with van der Waals surface area (Å²) in [6.07, 6.45) is 0.741. The summed E-state index contributed by atoms with van der Waals surface area (Å²) in [7, 11) is -3.06. The van der Waals surface area contributed by atoms with Crippen molar-refractivity contribution < 1.29 is 12.8 Å². The third kappa shape index (κ3) is 2.68. The van der Waals surface area contributed by atoms with Gasteiger partial charge in [-0.2, -0.15) is 0 Å². The van der Waals surface area contributed by atoms with Crippen molar-refractivity contribution in [1.82, 2.24) is 0 Å². The second-order valence-corrected chi connectivity index (χ2v) is 7.51. The summed E-state index contributed by atoms with van der Waals surface area (Å²) < 4.78 is 36.9. The van der Waals surface area contributed by atoms with Crippen molar-refractivity contribution in [2.75, 3.05) is 18.1 Å². The largest absolute Gasteiger partial charge is 0.330 e. The van der Waals surface area contributed by atoms with Gasteiger partial charge in [-0.25, -0.2) is 12.8 Å². The minimum atomic E-state index is -3.06. The highest BCUT2D eigenvalue weighted by Gasteiger charge is 2.41. The Balaban J connectivity index is 2.32. The molecule has 1 aliphatic heterocycles. The molecule has 1 aromatic rings. The molecule has 2 N–H and O–H groups in total. The van der Waals surface area contributed by atoms with E-state index in [-0.39, 0.29) is 24.5 Å². The molecule has 1 atom stereocenters. The fraction of sp³-hybridized carbons (Fsp3) is 0.500. The van der Waals surface area contributed by atoms with Crippen molar-refractivity contribution in [3.8, 4) is 0 Å². The zero-order valence-corrected chi connectivity index (χ0v) is 11.4. The Labute approximate surface area is 111 Å². The van der Waals surface area contributed by atoms with Gasteiger partial charge in [0.15, 0.2) is 9.84 Å². The molecule has 0 spiro atoms. The number of hydrogen-bond donors (Lipinski definition) is 1. The van der Waals surface area contributed by atoms with Crippen molar-refractivity contribution in [3.05, 3.63) is 34.6 Å². The van der Waals surface area contributed by atoms with E-state index < -0.39 is 21.1 Å². The Kier molecular flexibility index (Phi) is 3.67. The molecule has 1 aliphatic rings. The van der Waals surface area contributed by atoms with Gasteiger partial charge in [-0.3, -0.25) is 0 Å². The summed E-state index contributed by atoms with van der Waals surface area (Å²) in [5.41, 5.74) is 5.49. The van der Waals surface area contributed by atoms with Crippen LogP contribution < -0.4 is 5.73 Å². The summed E-state index contributed by atoms with van der Waals surface area (Å²) in [6, 6.07) is 4.46. The van der Waals surface area contributed by atoms with Crippen LogP contribution in [0.15, 0.2) is 18.2 Å². The van der Waals surface area contributed by atoms with Gasteiger partial charge in [-0.15, -0.1) is 0 Å². The normalized spacial score (nSPS) is 26.4. The van der Waals surface area contributed by atoms with Crippen molar-refractivity contribution >= 4 is 21.4 Å². The van der Waals surface area contributed by atoms with Gasteiger partial charge in [0, 0.05) is 16.0 Å². The molecule has 6 heteroatoms. The van der Waals surface area contributed by atoms with Gasteiger partial charge >= 0.3 is 0 Å². The van der Waals surface area contributed by atoms with Crippen LogP contribution in [0.4, 0.5) is 4.39 Å². The number of nitrogens with two attached hydrogens (primary N) is 1. The first-order chi connectivity index (χ1) is 8.37. The van der Waals surface area contributed by atoms with E-state index in [1.165, 1.54) is 12.1 Å². The molecule has 0 amide bonds. The molecule has 2 rings (SSSR count). The summed E-state index contributed by atoms with van der Waals surface area (Å²) in [6.45, 7) is 0.219. The summed E-state index contributed by atoms with van der Waals surface area (Å²) in [5.74, 6) is -0.267. The second kappa shape index (κ2) is 4.79. The van der Waals surface area contributed by atoms with Gasteiger partial charge in [0.05, 0.1) is 11.5 Å². The van der Waals surface area contributed by atoms with E-state index in [1.807, 2.05) is 0 Å². The minimum absolute atomic E-state index is 0.0150. The van der Waals surface area contributed by atoms with Gasteiger partial charge in [0.1, 0.15) is 5.82 Å². The van der Waals surface area contributed by atoms with Crippen LogP contribution in [0.25, 0.3) is 0 Å². The van der Waals surface area contributed by atoms with E-state index in [9.17, 15) is 12.8 Å². The van der Waals surface area contributed by atoms with Crippen LogP contribution in [0.5, 0.6) is 0 Å². The molecule has 0 saturated carbocycles. The Morgan fingerprint density at radius 1 is 1.44 bits per heavy atom. The maximum absolute atomic E-state index is 13.7. The maximum Gasteiger partial charge on any atom is 0.150 e. The third-order valence-electron chi connectivity index (χ3n) is 3.52. The van der Waals surface area contributed by atoms with E-state index in [4.69, 9.17) is 17.3 Å². The van der Waals surface area contributed by atoms with Crippen LogP contribution in [0, 0.1) is 11.2 Å². The maximum atomic E-state index is 13.7. The summed E-state index contributed by atoms with van der Waals surface area (Å²) in [5, 5.41) is 0.326. The molecule has 1 aromatic carbocycles. The van der Waals surface area contributed by atoms with Crippen LogP contribution >= 0.6 is 11.6 Å². The van der Waals surface area contributed by atoms with E-state index in [0.29, 0.717) is 17.0 Å². The smallest absolute Gasteiger partial charge is 0.150 e. The predicted octanol–water partition coefficient (Wildman–Crippen LogP) is 1.79. The highest BCUT2D eigenvalue weighted by molar-refractivity contribution is 7.91. The lowest BCUT2D eigenvalue weighted by Gasteiger charge is -2.26. The van der Waals surface area contributed by atoms with Crippen molar-refractivity contribution in [1.29, 1.82) is 0 Å². The van der Waals surface area contributed by atoms with Gasteiger partial charge in [0.25, 0.3) is 0 Å². The first-order valence-electron chi connectivity index (χ1n) is 5.71. The average Bonchev–Trinajstić information content (AvgIpc) is 2.61. The number of hydrogen-bond acceptors (Lipinski definition) is 3. The predicted molar refractivity (Wildman–Crippen MR) is 69.9 cm³/mol. The third-order valence-corrected chi connectivity index (χ3v) is 5.75. The summed E-state index contributed by atoms with van der Waals surface area (Å²) >= 11 is 5.97. The monoisotopic (exact) mass is 291 g/mol. The molecule has 1 heterocycles. The molecule has 1 fully saturated rings. The van der Waals surface area contributed by atoms with Gasteiger partial charge in [-0.1, -0.05) is 17.7 Å². The van der Waals surface area contributed by atoms with E-state index >= 15 is 0 Å². The SMILES string of the molecule is NCC1(Cc2c(F)cccc2Cl)CCS(=O)(=O)C1. The number of benzene rings is 1. The van der Waals surface area contributed by atoms with Crippen molar-refractivity contribution in [2.24, 2.45) is 11.1 Å². The first-order valence-corrected chi connectivity index (χ1v) is 7.91. The lowest BCUT2D eigenvalue weighted by molar-refractivity contribution is 0.339. The Morgan fingerprint density at radius 3 is 2.67 bits per heavy atom. The lowest BCUT2D eigenvalue weighted by Crippen LogP contribution is -2.34. The molecular weight excluding hydrogens is 277 g/mol. The van der Waals surface area contributed by atoms with Gasteiger partial charge in [0.2, 0.25) is 0 Å². The lowest BCUT2D eigenvalue weighted by atomic mass is 9.81. The minimum Gasteiger partial charge on any atom is -0.330 e. The van der Waals surface area contributed by atoms with E-state index in [0.717, 1.165) is 0 Å². The fourth-order valence-corrected chi connectivity index (χ4v) is 4.85. The molecular formula is C12H15ClFNO2S. The van der Waals surface area contributed by atoms with E-state index in [2.05, 4.69) is 0 Å². The zero-order chi connectivity index (χ0) is 13.4. The number of halogens is 2. The van der Waals surface area contributed by atoms with Crippen LogP contribution in [0.2, 0.25) is 5.02 Å². The van der Waals surface area contributed by atoms with Crippen molar-refractivity contribution in [2.45, 2.75) is 12.8 Å². The fourth-order valence-electron chi connectivity index (χ4n) is 2.43. The molecule has 100 valence electrons. The van der Waals surface area contributed by atoms with E-state index in [1.54, 1.807) is 6.07 Å². The average molecular weight is 292 g/mol. The van der Waals surface area contributed by atoms with Gasteiger partial charge in [-0.05, 0) is 31.5 Å². The van der Waals surface area contributed by atoms with Crippen LogP contribution in [-0.4, -0.2) is 26.5 Å². The molecule has 0 aliphatic carbocycles. The molecule has 1 unspecified atom stereocenters. The van der Waals surface area contributed by atoms with Crippen molar-refractivity contribution in [3.63, 3.8) is 0 Å². The Morgan fingerprint density at radius 2 is 2.17 bits per heavy atom. The second-order valence-electron chi connectivity index (χ2n) is 4.92. The highest BCUT2D eigenvalue weighted by Crippen LogP contribution is 2.37. The van der Waals surface area contributed by atoms with Crippen LogP contribution in [-0.2, 0) is 16.3 Å². The highest BCUT2D eigenvalue weighted by atomic mass is 35.5. The van der Waals surface area contributed by atoms with Crippen LogP contribution in [0.3, 0.4) is 0 Å².